The topological polar surface area (TPSA) is 38.7 Å². The number of hydrogen-bond donors (Lipinski definition) is 1. The molecule has 0 saturated heterocycles. The summed E-state index contributed by atoms with van der Waals surface area (Å²) < 4.78 is 11.2. The van der Waals surface area contributed by atoms with Crippen LogP contribution in [0.15, 0.2) is 18.2 Å². The Morgan fingerprint density at radius 1 is 1.28 bits per heavy atom. The molecule has 18 heavy (non-hydrogen) atoms. The molecule has 1 aromatic rings. The zero-order chi connectivity index (χ0) is 12.8. The van der Waals surface area contributed by atoms with Crippen molar-refractivity contribution in [2.45, 2.75) is 25.9 Å². The molecular weight excluding hydrogens is 248 g/mol. The van der Waals surface area contributed by atoms with Gasteiger partial charge in [-0.2, -0.15) is 11.8 Å². The highest BCUT2D eigenvalue weighted by atomic mass is 32.2. The van der Waals surface area contributed by atoms with Crippen LogP contribution in [0.2, 0.25) is 0 Å². The molecule has 1 aliphatic rings. The Balaban J connectivity index is 2.02. The first kappa shape index (κ1) is 13.6. The first-order chi connectivity index (χ1) is 8.81. The monoisotopic (exact) mass is 268 g/mol. The molecule has 0 aromatic heterocycles. The van der Waals surface area contributed by atoms with E-state index in [1.165, 1.54) is 0 Å². The van der Waals surface area contributed by atoms with Gasteiger partial charge in [-0.1, -0.05) is 13.0 Å². The summed E-state index contributed by atoms with van der Waals surface area (Å²) in [5.74, 6) is 3.35. The summed E-state index contributed by atoms with van der Waals surface area (Å²) in [5.41, 5.74) is 0.905. The minimum absolute atomic E-state index is 0.432. The fourth-order valence-corrected chi connectivity index (χ4v) is 2.69. The average Bonchev–Trinajstić information content (AvgIpc) is 2.63. The van der Waals surface area contributed by atoms with Crippen LogP contribution in [-0.4, -0.2) is 29.8 Å². The van der Waals surface area contributed by atoms with Crippen LogP contribution >= 0.6 is 11.8 Å². The van der Waals surface area contributed by atoms with E-state index in [9.17, 15) is 5.11 Å². The second-order valence-corrected chi connectivity index (χ2v) is 5.50. The van der Waals surface area contributed by atoms with Crippen molar-refractivity contribution in [1.29, 1.82) is 0 Å². The molecule has 0 aliphatic carbocycles. The maximum absolute atomic E-state index is 10.1. The number of ether oxygens (including phenoxy) is 2. The zero-order valence-electron chi connectivity index (χ0n) is 10.7. The molecular formula is C14H20O3S. The summed E-state index contributed by atoms with van der Waals surface area (Å²) in [6.45, 7) is 3.52. The van der Waals surface area contributed by atoms with Gasteiger partial charge in [0.25, 0.3) is 0 Å². The zero-order valence-corrected chi connectivity index (χ0v) is 11.5. The van der Waals surface area contributed by atoms with E-state index >= 15 is 0 Å². The van der Waals surface area contributed by atoms with Gasteiger partial charge in [-0.25, -0.2) is 0 Å². The van der Waals surface area contributed by atoms with Gasteiger partial charge in [0.15, 0.2) is 11.5 Å². The third-order valence-electron chi connectivity index (χ3n) is 2.78. The Kier molecular flexibility index (Phi) is 5.20. The van der Waals surface area contributed by atoms with E-state index in [1.807, 2.05) is 18.2 Å². The third-order valence-corrected chi connectivity index (χ3v) is 4.03. The van der Waals surface area contributed by atoms with Gasteiger partial charge < -0.3 is 14.6 Å². The summed E-state index contributed by atoms with van der Waals surface area (Å²) in [5, 5.41) is 10.1. The van der Waals surface area contributed by atoms with Gasteiger partial charge in [0.05, 0.1) is 19.3 Å². The fraction of sp³-hybridized carbons (Fsp3) is 0.571. The number of aliphatic hydroxyl groups is 1. The summed E-state index contributed by atoms with van der Waals surface area (Å²) in [6, 6.07) is 5.71. The van der Waals surface area contributed by atoms with E-state index < -0.39 is 6.10 Å². The third kappa shape index (κ3) is 3.56. The molecule has 2 rings (SSSR count). The number of rotatable bonds is 5. The Morgan fingerprint density at radius 3 is 2.83 bits per heavy atom. The van der Waals surface area contributed by atoms with Crippen molar-refractivity contribution < 1.29 is 14.6 Å². The van der Waals surface area contributed by atoms with Gasteiger partial charge in [0.1, 0.15) is 0 Å². The second kappa shape index (κ2) is 6.90. The number of aliphatic hydroxyl groups excluding tert-OH is 1. The smallest absolute Gasteiger partial charge is 0.161 e. The van der Waals surface area contributed by atoms with Crippen LogP contribution in [0.4, 0.5) is 0 Å². The first-order valence-electron chi connectivity index (χ1n) is 6.46. The van der Waals surface area contributed by atoms with Gasteiger partial charge in [-0.05, 0) is 29.9 Å². The van der Waals surface area contributed by atoms with E-state index in [0.717, 1.165) is 41.4 Å². The van der Waals surface area contributed by atoms with E-state index in [1.54, 1.807) is 11.8 Å². The molecule has 0 amide bonds. The summed E-state index contributed by atoms with van der Waals surface area (Å²) in [7, 11) is 0. The lowest BCUT2D eigenvalue weighted by Crippen LogP contribution is -2.02. The SMILES string of the molecule is CCCSCC(O)c1ccc2c(c1)OCCCO2. The van der Waals surface area contributed by atoms with Gasteiger partial charge in [-0.3, -0.25) is 0 Å². The molecule has 1 atom stereocenters. The van der Waals surface area contributed by atoms with Crippen LogP contribution in [0.3, 0.4) is 0 Å². The lowest BCUT2D eigenvalue weighted by molar-refractivity contribution is 0.203. The first-order valence-corrected chi connectivity index (χ1v) is 7.62. The van der Waals surface area contributed by atoms with Gasteiger partial charge in [0.2, 0.25) is 0 Å². The summed E-state index contributed by atoms with van der Waals surface area (Å²) >= 11 is 1.78. The van der Waals surface area contributed by atoms with Crippen LogP contribution in [-0.2, 0) is 0 Å². The number of benzene rings is 1. The Morgan fingerprint density at radius 2 is 2.06 bits per heavy atom. The van der Waals surface area contributed by atoms with Crippen molar-refractivity contribution in [2.24, 2.45) is 0 Å². The van der Waals surface area contributed by atoms with Crippen LogP contribution in [0.25, 0.3) is 0 Å². The maximum atomic E-state index is 10.1. The molecule has 0 fully saturated rings. The molecule has 0 spiro atoms. The minimum atomic E-state index is -0.432. The quantitative estimate of drug-likeness (QED) is 0.833. The average molecular weight is 268 g/mol. The standard InChI is InChI=1S/C14H20O3S/c1-2-8-18-10-12(15)11-4-5-13-14(9-11)17-7-3-6-16-13/h4-5,9,12,15H,2-3,6-8,10H2,1H3. The Hall–Kier alpha value is -0.870. The van der Waals surface area contributed by atoms with Crippen molar-refractivity contribution in [2.75, 3.05) is 24.7 Å². The molecule has 0 bridgehead atoms. The fourth-order valence-electron chi connectivity index (χ4n) is 1.82. The maximum Gasteiger partial charge on any atom is 0.161 e. The molecule has 0 radical (unpaired) electrons. The lowest BCUT2D eigenvalue weighted by atomic mass is 10.1. The molecule has 1 aliphatic heterocycles. The lowest BCUT2D eigenvalue weighted by Gasteiger charge is -2.13. The molecule has 1 aromatic carbocycles. The molecule has 3 nitrogen and oxygen atoms in total. The molecule has 1 heterocycles. The minimum Gasteiger partial charge on any atom is -0.490 e. The number of thioether (sulfide) groups is 1. The molecule has 1 N–H and O–H groups in total. The van der Waals surface area contributed by atoms with Gasteiger partial charge in [0, 0.05) is 12.2 Å². The number of fused-ring (bicyclic) bond motifs is 1. The predicted octanol–water partition coefficient (Wildman–Crippen LogP) is 3.02. The van der Waals surface area contributed by atoms with Crippen LogP contribution in [0, 0.1) is 0 Å². The largest absolute Gasteiger partial charge is 0.490 e. The van der Waals surface area contributed by atoms with Gasteiger partial charge in [-0.15, -0.1) is 0 Å². The van der Waals surface area contributed by atoms with Crippen molar-refractivity contribution in [1.82, 2.24) is 0 Å². The van der Waals surface area contributed by atoms with Crippen molar-refractivity contribution >= 4 is 11.8 Å². The van der Waals surface area contributed by atoms with Gasteiger partial charge >= 0.3 is 0 Å². The van der Waals surface area contributed by atoms with Crippen LogP contribution in [0.1, 0.15) is 31.4 Å². The Labute approximate surface area is 112 Å². The highest BCUT2D eigenvalue weighted by Crippen LogP contribution is 2.33. The van der Waals surface area contributed by atoms with Crippen LogP contribution in [0.5, 0.6) is 11.5 Å². The molecule has 100 valence electrons. The van der Waals surface area contributed by atoms with E-state index in [-0.39, 0.29) is 0 Å². The second-order valence-electron chi connectivity index (χ2n) is 4.35. The van der Waals surface area contributed by atoms with Crippen molar-refractivity contribution in [3.8, 4) is 11.5 Å². The van der Waals surface area contributed by atoms with E-state index in [2.05, 4.69) is 6.92 Å². The highest BCUT2D eigenvalue weighted by Gasteiger charge is 2.14. The highest BCUT2D eigenvalue weighted by molar-refractivity contribution is 7.99. The molecule has 0 saturated carbocycles. The van der Waals surface area contributed by atoms with E-state index in [0.29, 0.717) is 13.2 Å². The normalized spacial score (nSPS) is 16.1. The Bertz CT molecular complexity index is 381. The predicted molar refractivity (Wildman–Crippen MR) is 74.6 cm³/mol. The summed E-state index contributed by atoms with van der Waals surface area (Å²) in [4.78, 5) is 0. The number of hydrogen-bond acceptors (Lipinski definition) is 4. The van der Waals surface area contributed by atoms with Crippen LogP contribution < -0.4 is 9.47 Å². The molecule has 1 unspecified atom stereocenters. The van der Waals surface area contributed by atoms with E-state index in [4.69, 9.17) is 9.47 Å². The summed E-state index contributed by atoms with van der Waals surface area (Å²) in [6.07, 6.45) is 1.61. The van der Waals surface area contributed by atoms with Crippen molar-refractivity contribution in [3.05, 3.63) is 23.8 Å². The molecule has 4 heteroatoms. The van der Waals surface area contributed by atoms with Crippen molar-refractivity contribution in [3.63, 3.8) is 0 Å².